The molecule has 0 bridgehead atoms. The first-order chi connectivity index (χ1) is 15.4. The molecule has 1 aliphatic carbocycles. The molecule has 32 heavy (non-hydrogen) atoms. The van der Waals surface area contributed by atoms with Gasteiger partial charge in [0.15, 0.2) is 5.78 Å². The molecule has 0 amide bonds. The Labute approximate surface area is 197 Å². The number of hydrogen-bond donors (Lipinski definition) is 0. The van der Waals surface area contributed by atoms with Crippen LogP contribution in [0.15, 0.2) is 35.4 Å². The highest BCUT2D eigenvalue weighted by molar-refractivity contribution is 8.00. The van der Waals surface area contributed by atoms with Crippen LogP contribution in [-0.4, -0.2) is 26.1 Å². The van der Waals surface area contributed by atoms with Gasteiger partial charge in [-0.25, -0.2) is 9.97 Å². The van der Waals surface area contributed by atoms with Crippen molar-refractivity contribution in [1.82, 2.24) is 14.5 Å². The number of aryl methyl sites for hydroxylation is 5. The van der Waals surface area contributed by atoms with Gasteiger partial charge < -0.3 is 4.57 Å². The van der Waals surface area contributed by atoms with Crippen LogP contribution in [0.4, 0.5) is 0 Å². The van der Waals surface area contributed by atoms with Crippen LogP contribution in [0.2, 0.25) is 0 Å². The fraction of sp³-hybridized carbons (Fsp3) is 0.346. The molecule has 164 valence electrons. The molecule has 3 aromatic heterocycles. The number of thiophene rings is 1. The number of ketones is 1. The van der Waals surface area contributed by atoms with E-state index in [4.69, 9.17) is 9.97 Å². The highest BCUT2D eigenvalue weighted by Crippen LogP contribution is 2.39. The van der Waals surface area contributed by atoms with Gasteiger partial charge in [0, 0.05) is 32.9 Å². The zero-order valence-electron chi connectivity index (χ0n) is 19.0. The Morgan fingerprint density at radius 2 is 1.81 bits per heavy atom. The van der Waals surface area contributed by atoms with E-state index in [1.807, 2.05) is 31.3 Å². The topological polar surface area (TPSA) is 47.8 Å². The fourth-order valence-electron chi connectivity index (χ4n) is 4.68. The summed E-state index contributed by atoms with van der Waals surface area (Å²) in [6.45, 7) is 8.12. The minimum Gasteiger partial charge on any atom is -0.318 e. The second kappa shape index (κ2) is 8.49. The first-order valence-corrected chi connectivity index (χ1v) is 12.9. The van der Waals surface area contributed by atoms with Crippen LogP contribution in [0.1, 0.15) is 56.4 Å². The van der Waals surface area contributed by atoms with Crippen molar-refractivity contribution >= 4 is 39.1 Å². The summed E-state index contributed by atoms with van der Waals surface area (Å²) in [4.78, 5) is 25.3. The van der Waals surface area contributed by atoms with Crippen molar-refractivity contribution < 1.29 is 4.79 Å². The number of thioether (sulfide) groups is 1. The third-order valence-corrected chi connectivity index (χ3v) is 8.42. The molecule has 1 aliphatic rings. The molecule has 5 rings (SSSR count). The highest BCUT2D eigenvalue weighted by Gasteiger charge is 2.22. The molecular weight excluding hydrogens is 434 g/mol. The third kappa shape index (κ3) is 3.80. The van der Waals surface area contributed by atoms with Gasteiger partial charge in [-0.05, 0) is 77.1 Å². The van der Waals surface area contributed by atoms with Crippen molar-refractivity contribution in [3.05, 3.63) is 69.1 Å². The molecule has 4 nitrogen and oxygen atoms in total. The monoisotopic (exact) mass is 461 g/mol. The molecule has 0 N–H and O–H groups in total. The highest BCUT2D eigenvalue weighted by atomic mass is 32.2. The van der Waals surface area contributed by atoms with Crippen LogP contribution in [0.3, 0.4) is 0 Å². The van der Waals surface area contributed by atoms with E-state index in [1.165, 1.54) is 34.2 Å². The van der Waals surface area contributed by atoms with Crippen LogP contribution in [0.25, 0.3) is 15.9 Å². The van der Waals surface area contributed by atoms with Gasteiger partial charge in [0.1, 0.15) is 15.7 Å². The molecule has 0 spiro atoms. The number of aromatic nitrogens is 3. The second-order valence-corrected chi connectivity index (χ2v) is 10.7. The van der Waals surface area contributed by atoms with Crippen molar-refractivity contribution in [2.24, 2.45) is 0 Å². The quantitative estimate of drug-likeness (QED) is 0.192. The van der Waals surface area contributed by atoms with Crippen molar-refractivity contribution in [3.63, 3.8) is 0 Å². The lowest BCUT2D eigenvalue weighted by atomic mass is 9.97. The van der Waals surface area contributed by atoms with Crippen LogP contribution in [-0.2, 0) is 12.8 Å². The number of nitrogens with zero attached hydrogens (tertiary/aromatic N) is 3. The predicted molar refractivity (Wildman–Crippen MR) is 134 cm³/mol. The second-order valence-electron chi connectivity index (χ2n) is 8.63. The maximum atomic E-state index is 13.3. The lowest BCUT2D eigenvalue weighted by Gasteiger charge is -2.12. The molecule has 0 aliphatic heterocycles. The van der Waals surface area contributed by atoms with E-state index in [2.05, 4.69) is 42.7 Å². The number of carbonyl (C=O) groups is 1. The lowest BCUT2D eigenvalue weighted by molar-refractivity contribution is 0.102. The zero-order valence-corrected chi connectivity index (χ0v) is 20.6. The zero-order chi connectivity index (χ0) is 22.4. The maximum Gasteiger partial charge on any atom is 0.174 e. The average molecular weight is 462 g/mol. The molecule has 0 unspecified atom stereocenters. The smallest absolute Gasteiger partial charge is 0.174 e. The van der Waals surface area contributed by atoms with Gasteiger partial charge in [0.2, 0.25) is 0 Å². The molecule has 0 radical (unpaired) electrons. The Hall–Kier alpha value is -2.44. The molecule has 0 atom stereocenters. The summed E-state index contributed by atoms with van der Waals surface area (Å²) < 4.78 is 2.17. The largest absolute Gasteiger partial charge is 0.318 e. The number of fused-ring (bicyclic) bond motifs is 3. The molecule has 0 saturated carbocycles. The number of carbonyl (C=O) groups excluding carboxylic acids is 1. The molecule has 3 heterocycles. The van der Waals surface area contributed by atoms with Crippen molar-refractivity contribution in [2.75, 3.05) is 5.75 Å². The maximum absolute atomic E-state index is 13.3. The van der Waals surface area contributed by atoms with Crippen LogP contribution in [0.5, 0.6) is 0 Å². The summed E-state index contributed by atoms with van der Waals surface area (Å²) in [6, 6.07) is 10.5. The van der Waals surface area contributed by atoms with E-state index in [0.717, 1.165) is 51.2 Å². The molecule has 6 heteroatoms. The Morgan fingerprint density at radius 1 is 1.06 bits per heavy atom. The molecule has 0 fully saturated rings. The summed E-state index contributed by atoms with van der Waals surface area (Å²) >= 11 is 3.38. The minimum atomic E-state index is 0.148. The predicted octanol–water partition coefficient (Wildman–Crippen LogP) is 6.57. The van der Waals surface area contributed by atoms with Gasteiger partial charge in [0.25, 0.3) is 0 Å². The Kier molecular flexibility index (Phi) is 5.68. The van der Waals surface area contributed by atoms with E-state index < -0.39 is 0 Å². The summed E-state index contributed by atoms with van der Waals surface area (Å²) in [6.07, 6.45) is 4.72. The molecule has 1 aromatic carbocycles. The first-order valence-electron chi connectivity index (χ1n) is 11.1. The number of rotatable bonds is 5. The van der Waals surface area contributed by atoms with E-state index in [0.29, 0.717) is 5.75 Å². The lowest BCUT2D eigenvalue weighted by Crippen LogP contribution is -2.06. The van der Waals surface area contributed by atoms with E-state index in [9.17, 15) is 4.79 Å². The van der Waals surface area contributed by atoms with Crippen LogP contribution >= 0.6 is 23.1 Å². The van der Waals surface area contributed by atoms with Crippen LogP contribution in [0, 0.1) is 27.7 Å². The van der Waals surface area contributed by atoms with Crippen molar-refractivity contribution in [3.8, 4) is 5.69 Å². The van der Waals surface area contributed by atoms with Crippen molar-refractivity contribution in [2.45, 2.75) is 58.4 Å². The summed E-state index contributed by atoms with van der Waals surface area (Å²) in [7, 11) is 0. The minimum absolute atomic E-state index is 0.148. The van der Waals surface area contributed by atoms with Gasteiger partial charge in [-0.1, -0.05) is 29.5 Å². The summed E-state index contributed by atoms with van der Waals surface area (Å²) in [5.74, 6) is 1.31. The Balaban J connectivity index is 1.43. The van der Waals surface area contributed by atoms with E-state index >= 15 is 0 Å². The molecule has 0 saturated heterocycles. The van der Waals surface area contributed by atoms with Crippen molar-refractivity contribution in [1.29, 1.82) is 0 Å². The summed E-state index contributed by atoms with van der Waals surface area (Å²) in [5, 5.41) is 2.16. The standard InChI is InChI=1S/C26H27N3OS2/c1-15-9-11-19(12-10-15)29-16(2)13-21(17(29)3)22(30)14-31-25-24-20-7-5-6-8-23(20)32-26(24)28-18(4)27-25/h9-13H,5-8,14H2,1-4H3. The fourth-order valence-corrected chi connectivity index (χ4v) is 7.03. The number of benzene rings is 1. The molecule has 4 aromatic rings. The van der Waals surface area contributed by atoms with Crippen LogP contribution < -0.4 is 0 Å². The number of hydrogen-bond acceptors (Lipinski definition) is 5. The number of Topliss-reactive ketones (excluding diaryl/α,β-unsaturated/α-hetero) is 1. The van der Waals surface area contributed by atoms with E-state index in [-0.39, 0.29) is 5.78 Å². The van der Waals surface area contributed by atoms with Gasteiger partial charge in [-0.3, -0.25) is 4.79 Å². The summed E-state index contributed by atoms with van der Waals surface area (Å²) in [5.41, 5.74) is 6.61. The molecular formula is C26H27N3OS2. The SMILES string of the molecule is Cc1ccc(-n2c(C)cc(C(=O)CSc3nc(C)nc4sc5c(c34)CCCC5)c2C)cc1. The first kappa shape index (κ1) is 21.4. The van der Waals surface area contributed by atoms with Gasteiger partial charge in [-0.15, -0.1) is 11.3 Å². The van der Waals surface area contributed by atoms with Gasteiger partial charge in [-0.2, -0.15) is 0 Å². The van der Waals surface area contributed by atoms with Gasteiger partial charge in [0.05, 0.1) is 5.75 Å². The Morgan fingerprint density at radius 3 is 2.59 bits per heavy atom. The third-order valence-electron chi connectivity index (χ3n) is 6.26. The average Bonchev–Trinajstić information content (AvgIpc) is 3.29. The Bertz CT molecular complexity index is 1330. The normalized spacial score (nSPS) is 13.5. The van der Waals surface area contributed by atoms with E-state index in [1.54, 1.807) is 11.8 Å². The van der Waals surface area contributed by atoms with Gasteiger partial charge >= 0.3 is 0 Å².